The molecule has 2 aliphatic rings. The average molecular weight is 541 g/mol. The summed E-state index contributed by atoms with van der Waals surface area (Å²) < 4.78 is 0. The highest BCUT2D eigenvalue weighted by molar-refractivity contribution is 7.10. The van der Waals surface area contributed by atoms with Crippen LogP contribution in [0.25, 0.3) is 0 Å². The van der Waals surface area contributed by atoms with Crippen LogP contribution in [0.3, 0.4) is 0 Å². The van der Waals surface area contributed by atoms with Crippen molar-refractivity contribution < 1.29 is 9.59 Å². The van der Waals surface area contributed by atoms with E-state index in [1.807, 2.05) is 94.7 Å². The first-order chi connectivity index (χ1) is 18.6. The molecule has 0 N–H and O–H groups in total. The second-order valence-electron chi connectivity index (χ2n) is 10.0. The van der Waals surface area contributed by atoms with Gasteiger partial charge in [-0.25, -0.2) is 0 Å². The number of amides is 2. The molecule has 0 spiro atoms. The van der Waals surface area contributed by atoms with E-state index in [0.29, 0.717) is 11.6 Å². The van der Waals surface area contributed by atoms with Crippen molar-refractivity contribution in [1.29, 1.82) is 0 Å². The van der Waals surface area contributed by atoms with Crippen LogP contribution in [-0.4, -0.2) is 40.7 Å². The first-order valence-electron chi connectivity index (χ1n) is 13.1. The van der Waals surface area contributed by atoms with Crippen molar-refractivity contribution in [3.05, 3.63) is 129 Å². The topological polar surface area (TPSA) is 40.6 Å². The van der Waals surface area contributed by atoms with Gasteiger partial charge in [0, 0.05) is 22.5 Å². The van der Waals surface area contributed by atoms with E-state index in [9.17, 15) is 9.59 Å². The maximum Gasteiger partial charge on any atom is 0.243 e. The SMILES string of the molecule is O=C(C(c1ccccc1)c1ccccc1)N(CC(=O)N1CCc2sccc2C1c1ccc(Cl)cc1)C1CC1. The van der Waals surface area contributed by atoms with Gasteiger partial charge in [0.2, 0.25) is 11.8 Å². The second-order valence-corrected chi connectivity index (χ2v) is 11.5. The van der Waals surface area contributed by atoms with Crippen LogP contribution >= 0.6 is 22.9 Å². The Morgan fingerprint density at radius 3 is 2.13 bits per heavy atom. The fraction of sp³-hybridized carbons (Fsp3) is 0.250. The second kappa shape index (κ2) is 10.8. The molecular weight excluding hydrogens is 512 g/mol. The normalized spacial score (nSPS) is 16.8. The fourth-order valence-electron chi connectivity index (χ4n) is 5.53. The smallest absolute Gasteiger partial charge is 0.243 e. The molecule has 1 aromatic heterocycles. The predicted octanol–water partition coefficient (Wildman–Crippen LogP) is 6.70. The molecule has 1 atom stereocenters. The van der Waals surface area contributed by atoms with E-state index in [0.717, 1.165) is 36.0 Å². The largest absolute Gasteiger partial charge is 0.330 e. The summed E-state index contributed by atoms with van der Waals surface area (Å²) in [5.41, 5.74) is 4.11. The number of hydrogen-bond donors (Lipinski definition) is 0. The van der Waals surface area contributed by atoms with Crippen molar-refractivity contribution in [1.82, 2.24) is 9.80 Å². The molecule has 6 rings (SSSR count). The quantitative estimate of drug-likeness (QED) is 0.262. The predicted molar refractivity (Wildman–Crippen MR) is 152 cm³/mol. The summed E-state index contributed by atoms with van der Waals surface area (Å²) >= 11 is 7.93. The molecule has 6 heteroatoms. The minimum atomic E-state index is -0.442. The minimum absolute atomic E-state index is 0.00507. The Kier molecular flexibility index (Phi) is 7.05. The van der Waals surface area contributed by atoms with E-state index < -0.39 is 5.92 Å². The molecule has 1 saturated carbocycles. The Hall–Kier alpha value is -3.41. The van der Waals surface area contributed by atoms with Crippen molar-refractivity contribution in [2.45, 2.75) is 37.3 Å². The minimum Gasteiger partial charge on any atom is -0.330 e. The van der Waals surface area contributed by atoms with Crippen LogP contribution in [0.2, 0.25) is 5.02 Å². The number of carbonyl (C=O) groups is 2. The van der Waals surface area contributed by atoms with Gasteiger partial charge < -0.3 is 9.80 Å². The van der Waals surface area contributed by atoms with Crippen LogP contribution < -0.4 is 0 Å². The fourth-order valence-corrected chi connectivity index (χ4v) is 6.56. The lowest BCUT2D eigenvalue weighted by Crippen LogP contribution is -2.48. The van der Waals surface area contributed by atoms with E-state index in [2.05, 4.69) is 11.4 Å². The van der Waals surface area contributed by atoms with Gasteiger partial charge in [-0.2, -0.15) is 0 Å². The van der Waals surface area contributed by atoms with E-state index in [1.165, 1.54) is 10.4 Å². The monoisotopic (exact) mass is 540 g/mol. The number of thiophene rings is 1. The van der Waals surface area contributed by atoms with Crippen molar-refractivity contribution in [3.63, 3.8) is 0 Å². The number of hydrogen-bond acceptors (Lipinski definition) is 3. The number of carbonyl (C=O) groups excluding carboxylic acids is 2. The number of rotatable bonds is 7. The summed E-state index contributed by atoms with van der Waals surface area (Å²) in [6, 6.07) is 29.6. The van der Waals surface area contributed by atoms with Gasteiger partial charge in [0.15, 0.2) is 0 Å². The number of halogens is 1. The van der Waals surface area contributed by atoms with Gasteiger partial charge >= 0.3 is 0 Å². The van der Waals surface area contributed by atoms with E-state index >= 15 is 0 Å². The number of fused-ring (bicyclic) bond motifs is 1. The van der Waals surface area contributed by atoms with Crippen LogP contribution in [0.4, 0.5) is 0 Å². The number of benzene rings is 3. The zero-order valence-electron chi connectivity index (χ0n) is 21.0. The molecule has 192 valence electrons. The van der Waals surface area contributed by atoms with E-state index in [4.69, 9.17) is 11.6 Å². The molecule has 0 bridgehead atoms. The Balaban J connectivity index is 1.31. The molecule has 2 heterocycles. The molecule has 0 saturated heterocycles. The van der Waals surface area contributed by atoms with Crippen molar-refractivity contribution in [3.8, 4) is 0 Å². The summed E-state index contributed by atoms with van der Waals surface area (Å²) in [4.78, 5) is 33.4. The third-order valence-electron chi connectivity index (χ3n) is 7.56. The van der Waals surface area contributed by atoms with E-state index in [1.54, 1.807) is 11.3 Å². The molecule has 4 aromatic rings. The molecule has 0 radical (unpaired) electrons. The van der Waals surface area contributed by atoms with Gasteiger partial charge in [0.1, 0.15) is 6.54 Å². The Morgan fingerprint density at radius 2 is 1.53 bits per heavy atom. The lowest BCUT2D eigenvalue weighted by atomic mass is 9.89. The molecular formula is C32H29ClN2O2S. The summed E-state index contributed by atoms with van der Waals surface area (Å²) in [6.45, 7) is 0.719. The van der Waals surface area contributed by atoms with Gasteiger partial charge in [-0.05, 0) is 65.1 Å². The van der Waals surface area contributed by atoms with E-state index in [-0.39, 0.29) is 30.4 Å². The first-order valence-corrected chi connectivity index (χ1v) is 14.4. The summed E-state index contributed by atoms with van der Waals surface area (Å²) in [7, 11) is 0. The van der Waals surface area contributed by atoms with Crippen molar-refractivity contribution >= 4 is 34.8 Å². The summed E-state index contributed by atoms with van der Waals surface area (Å²) in [5, 5.41) is 2.78. The van der Waals surface area contributed by atoms with Gasteiger partial charge in [-0.15, -0.1) is 11.3 Å². The molecule has 1 unspecified atom stereocenters. The van der Waals surface area contributed by atoms with Crippen LogP contribution in [0, 0.1) is 0 Å². The van der Waals surface area contributed by atoms with Gasteiger partial charge in [0.05, 0.1) is 12.0 Å². The zero-order chi connectivity index (χ0) is 26.1. The molecule has 2 amide bonds. The first kappa shape index (κ1) is 24.9. The molecule has 1 aliphatic carbocycles. The molecule has 4 nitrogen and oxygen atoms in total. The summed E-state index contributed by atoms with van der Waals surface area (Å²) in [5.74, 6) is -0.459. The maximum absolute atomic E-state index is 14.2. The lowest BCUT2D eigenvalue weighted by molar-refractivity contribution is -0.142. The standard InChI is InChI=1S/C32H29ClN2O2S/c33-25-13-11-24(12-14-25)31-27-18-20-38-28(27)17-19-34(31)29(36)21-35(26-15-16-26)32(37)30(22-7-3-1-4-8-22)23-9-5-2-6-10-23/h1-14,18,20,26,30-31H,15-17,19,21H2. The van der Waals surface area contributed by atoms with Crippen molar-refractivity contribution in [2.75, 3.05) is 13.1 Å². The highest BCUT2D eigenvalue weighted by Gasteiger charge is 2.40. The highest BCUT2D eigenvalue weighted by atomic mass is 35.5. The van der Waals surface area contributed by atoms with Gasteiger partial charge in [-0.1, -0.05) is 84.4 Å². The molecule has 38 heavy (non-hydrogen) atoms. The number of nitrogens with zero attached hydrogens (tertiary/aromatic N) is 2. The van der Waals surface area contributed by atoms with Crippen LogP contribution in [0.5, 0.6) is 0 Å². The van der Waals surface area contributed by atoms with Gasteiger partial charge in [0.25, 0.3) is 0 Å². The van der Waals surface area contributed by atoms with Crippen molar-refractivity contribution in [2.24, 2.45) is 0 Å². The molecule has 1 fully saturated rings. The Labute approximate surface area is 232 Å². The molecule has 3 aromatic carbocycles. The summed E-state index contributed by atoms with van der Waals surface area (Å²) in [6.07, 6.45) is 2.70. The average Bonchev–Trinajstić information content (AvgIpc) is 3.68. The van der Waals surface area contributed by atoms with Gasteiger partial charge in [-0.3, -0.25) is 9.59 Å². The van der Waals surface area contributed by atoms with Crippen LogP contribution in [-0.2, 0) is 16.0 Å². The Morgan fingerprint density at radius 1 is 0.895 bits per heavy atom. The Bertz CT molecular complexity index is 1380. The zero-order valence-corrected chi connectivity index (χ0v) is 22.6. The third kappa shape index (κ3) is 5.01. The lowest BCUT2D eigenvalue weighted by Gasteiger charge is -2.38. The maximum atomic E-state index is 14.2. The third-order valence-corrected chi connectivity index (χ3v) is 8.81. The van der Waals surface area contributed by atoms with Crippen LogP contribution in [0.15, 0.2) is 96.4 Å². The highest BCUT2D eigenvalue weighted by Crippen LogP contribution is 2.39. The van der Waals surface area contributed by atoms with Crippen LogP contribution in [0.1, 0.15) is 51.9 Å². The molecule has 1 aliphatic heterocycles.